The first-order valence-corrected chi connectivity index (χ1v) is 7.78. The normalized spacial score (nSPS) is 28.1. The fourth-order valence-electron chi connectivity index (χ4n) is 3.38. The number of piperazine rings is 1. The molecule has 0 spiro atoms. The Hall–Kier alpha value is -1.10. The van der Waals surface area contributed by atoms with Gasteiger partial charge < -0.3 is 15.5 Å². The van der Waals surface area contributed by atoms with Gasteiger partial charge in [0.25, 0.3) is 0 Å². The van der Waals surface area contributed by atoms with Gasteiger partial charge in [-0.15, -0.1) is 0 Å². The monoisotopic (exact) mass is 281 g/mol. The highest BCUT2D eigenvalue weighted by atomic mass is 16.2. The number of hydrogen-bond acceptors (Lipinski definition) is 3. The third kappa shape index (κ3) is 2.82. The van der Waals surface area contributed by atoms with Crippen molar-refractivity contribution >= 4 is 11.8 Å². The first kappa shape index (κ1) is 15.3. The molecule has 2 aliphatic rings. The highest BCUT2D eigenvalue weighted by Crippen LogP contribution is 2.34. The smallest absolute Gasteiger partial charge is 0.242 e. The van der Waals surface area contributed by atoms with Gasteiger partial charge in [0.15, 0.2) is 0 Å². The molecule has 2 N–H and O–H groups in total. The summed E-state index contributed by atoms with van der Waals surface area (Å²) < 4.78 is 0. The lowest BCUT2D eigenvalue weighted by molar-refractivity contribution is -0.152. The molecular formula is C15H27N3O2. The topological polar surface area (TPSA) is 61.4 Å². The van der Waals surface area contributed by atoms with Crippen LogP contribution >= 0.6 is 0 Å². The van der Waals surface area contributed by atoms with Crippen LogP contribution in [0.25, 0.3) is 0 Å². The minimum atomic E-state index is -0.404. The molecule has 0 saturated carbocycles. The van der Waals surface area contributed by atoms with Gasteiger partial charge in [0.1, 0.15) is 6.04 Å². The number of carbonyl (C=O) groups excluding carboxylic acids is 2. The Morgan fingerprint density at radius 3 is 2.75 bits per heavy atom. The van der Waals surface area contributed by atoms with Crippen LogP contribution < -0.4 is 10.6 Å². The van der Waals surface area contributed by atoms with Crippen molar-refractivity contribution in [2.45, 2.75) is 46.1 Å². The lowest BCUT2D eigenvalue weighted by atomic mass is 9.73. The van der Waals surface area contributed by atoms with E-state index in [-0.39, 0.29) is 17.9 Å². The molecule has 2 atom stereocenters. The summed E-state index contributed by atoms with van der Waals surface area (Å²) in [6.07, 6.45) is 2.89. The average molecular weight is 281 g/mol. The molecule has 0 radical (unpaired) electrons. The first-order valence-electron chi connectivity index (χ1n) is 7.78. The molecule has 5 heteroatoms. The molecule has 0 aliphatic carbocycles. The van der Waals surface area contributed by atoms with Crippen molar-refractivity contribution in [1.82, 2.24) is 15.5 Å². The van der Waals surface area contributed by atoms with E-state index in [0.29, 0.717) is 25.4 Å². The molecule has 2 aliphatic heterocycles. The van der Waals surface area contributed by atoms with Crippen LogP contribution in [0.5, 0.6) is 0 Å². The lowest BCUT2D eigenvalue weighted by Gasteiger charge is -2.43. The van der Waals surface area contributed by atoms with Crippen LogP contribution in [0.1, 0.15) is 40.0 Å². The van der Waals surface area contributed by atoms with Gasteiger partial charge in [0, 0.05) is 18.5 Å². The zero-order valence-corrected chi connectivity index (χ0v) is 12.9. The van der Waals surface area contributed by atoms with Crippen molar-refractivity contribution in [3.8, 4) is 0 Å². The molecule has 114 valence electrons. The Bertz CT molecular complexity index is 375. The standard InChI is InChI=1S/C15H27N3O2/c1-4-12-13(19)17-8-9-18(12)14(20)15(2,3)11-6-5-7-16-10-11/h11-12,16H,4-10H2,1-3H3,(H,17,19). The minimum Gasteiger partial charge on any atom is -0.353 e. The highest BCUT2D eigenvalue weighted by molar-refractivity contribution is 5.91. The van der Waals surface area contributed by atoms with Gasteiger partial charge in [-0.25, -0.2) is 0 Å². The third-order valence-corrected chi connectivity index (χ3v) is 4.85. The summed E-state index contributed by atoms with van der Waals surface area (Å²) in [7, 11) is 0. The largest absolute Gasteiger partial charge is 0.353 e. The maximum absolute atomic E-state index is 13.0. The van der Waals surface area contributed by atoms with E-state index < -0.39 is 5.41 Å². The second-order valence-corrected chi connectivity index (χ2v) is 6.48. The van der Waals surface area contributed by atoms with E-state index in [1.54, 1.807) is 4.90 Å². The summed E-state index contributed by atoms with van der Waals surface area (Å²) in [4.78, 5) is 26.7. The van der Waals surface area contributed by atoms with Gasteiger partial charge in [0.2, 0.25) is 11.8 Å². The number of rotatable bonds is 3. The molecule has 0 bridgehead atoms. The van der Waals surface area contributed by atoms with E-state index in [1.165, 1.54) is 0 Å². The predicted octanol–water partition coefficient (Wildman–Crippen LogP) is 0.749. The fourth-order valence-corrected chi connectivity index (χ4v) is 3.38. The maximum Gasteiger partial charge on any atom is 0.242 e. The van der Waals surface area contributed by atoms with Crippen molar-refractivity contribution in [3.63, 3.8) is 0 Å². The van der Waals surface area contributed by atoms with Crippen LogP contribution in [0, 0.1) is 11.3 Å². The van der Waals surface area contributed by atoms with Crippen LogP contribution in [0.4, 0.5) is 0 Å². The summed E-state index contributed by atoms with van der Waals surface area (Å²) in [5.41, 5.74) is -0.404. The van der Waals surface area contributed by atoms with Crippen LogP contribution in [0.2, 0.25) is 0 Å². The average Bonchev–Trinajstić information content (AvgIpc) is 2.47. The van der Waals surface area contributed by atoms with Gasteiger partial charge >= 0.3 is 0 Å². The summed E-state index contributed by atoms with van der Waals surface area (Å²) >= 11 is 0. The molecule has 2 unspecified atom stereocenters. The maximum atomic E-state index is 13.0. The summed E-state index contributed by atoms with van der Waals surface area (Å²) in [6, 6.07) is -0.299. The molecular weight excluding hydrogens is 254 g/mol. The third-order valence-electron chi connectivity index (χ3n) is 4.85. The Labute approximate surface area is 121 Å². The molecule has 2 amide bonds. The van der Waals surface area contributed by atoms with E-state index in [0.717, 1.165) is 25.9 Å². The Balaban J connectivity index is 2.13. The second-order valence-electron chi connectivity index (χ2n) is 6.48. The minimum absolute atomic E-state index is 0.00957. The molecule has 2 fully saturated rings. The summed E-state index contributed by atoms with van der Waals surface area (Å²) in [5.74, 6) is 0.476. The molecule has 20 heavy (non-hydrogen) atoms. The quantitative estimate of drug-likeness (QED) is 0.802. The van der Waals surface area contributed by atoms with Crippen LogP contribution in [0.15, 0.2) is 0 Å². The number of nitrogens with one attached hydrogen (secondary N) is 2. The van der Waals surface area contributed by atoms with Crippen LogP contribution in [-0.2, 0) is 9.59 Å². The molecule has 2 heterocycles. The van der Waals surface area contributed by atoms with Gasteiger partial charge in [-0.3, -0.25) is 9.59 Å². The summed E-state index contributed by atoms with van der Waals surface area (Å²) in [6.45, 7) is 9.18. The van der Waals surface area contributed by atoms with Gasteiger partial charge in [-0.05, 0) is 38.3 Å². The molecule has 0 aromatic carbocycles. The predicted molar refractivity (Wildman–Crippen MR) is 78.2 cm³/mol. The van der Waals surface area contributed by atoms with Gasteiger partial charge in [-0.1, -0.05) is 20.8 Å². The molecule has 0 aromatic rings. The van der Waals surface area contributed by atoms with E-state index in [2.05, 4.69) is 10.6 Å². The summed E-state index contributed by atoms with van der Waals surface area (Å²) in [5, 5.41) is 6.24. The second kappa shape index (κ2) is 6.12. The van der Waals surface area contributed by atoms with E-state index >= 15 is 0 Å². The van der Waals surface area contributed by atoms with Crippen molar-refractivity contribution in [3.05, 3.63) is 0 Å². The molecule has 5 nitrogen and oxygen atoms in total. The Morgan fingerprint density at radius 2 is 2.15 bits per heavy atom. The molecule has 0 aromatic heterocycles. The van der Waals surface area contributed by atoms with Crippen molar-refractivity contribution < 1.29 is 9.59 Å². The number of nitrogens with zero attached hydrogens (tertiary/aromatic N) is 1. The molecule has 2 rings (SSSR count). The van der Waals surface area contributed by atoms with Gasteiger partial charge in [-0.2, -0.15) is 0 Å². The molecule has 2 saturated heterocycles. The Morgan fingerprint density at radius 1 is 1.40 bits per heavy atom. The van der Waals surface area contributed by atoms with Crippen molar-refractivity contribution in [2.75, 3.05) is 26.2 Å². The van der Waals surface area contributed by atoms with Gasteiger partial charge in [0.05, 0.1) is 0 Å². The highest BCUT2D eigenvalue weighted by Gasteiger charge is 2.43. The van der Waals surface area contributed by atoms with E-state index in [1.807, 2.05) is 20.8 Å². The van der Waals surface area contributed by atoms with Crippen LogP contribution in [-0.4, -0.2) is 48.9 Å². The zero-order chi connectivity index (χ0) is 14.8. The number of hydrogen-bond donors (Lipinski definition) is 2. The van der Waals surface area contributed by atoms with E-state index in [4.69, 9.17) is 0 Å². The SMILES string of the molecule is CCC1C(=O)NCCN1C(=O)C(C)(C)C1CCCNC1. The van der Waals surface area contributed by atoms with Crippen molar-refractivity contribution in [2.24, 2.45) is 11.3 Å². The number of piperidine rings is 1. The number of carbonyl (C=O) groups is 2. The zero-order valence-electron chi connectivity index (χ0n) is 12.9. The first-order chi connectivity index (χ1) is 9.48. The van der Waals surface area contributed by atoms with E-state index in [9.17, 15) is 9.59 Å². The lowest BCUT2D eigenvalue weighted by Crippen LogP contribution is -2.60. The fraction of sp³-hybridized carbons (Fsp3) is 0.867. The Kier molecular flexibility index (Phi) is 4.68. The number of amides is 2. The van der Waals surface area contributed by atoms with Crippen LogP contribution in [0.3, 0.4) is 0 Å². The van der Waals surface area contributed by atoms with Crippen molar-refractivity contribution in [1.29, 1.82) is 0 Å².